The number of rotatable bonds is 9. The van der Waals surface area contributed by atoms with Crippen LogP contribution in [-0.2, 0) is 4.79 Å². The first-order valence-corrected chi connectivity index (χ1v) is 8.66. The molecule has 0 aliphatic heterocycles. The Balaban J connectivity index is 2.18. The van der Waals surface area contributed by atoms with E-state index in [4.69, 9.17) is 5.11 Å². The number of unbranched alkanes of at least 4 members (excludes halogenated alkanes) is 2. The summed E-state index contributed by atoms with van der Waals surface area (Å²) in [5.41, 5.74) is -0.659. The molecule has 0 aliphatic carbocycles. The number of aryl methyl sites for hydroxylation is 1. The molecule has 2 N–H and O–H groups in total. The van der Waals surface area contributed by atoms with Crippen LogP contribution in [0.1, 0.15) is 41.9 Å². The van der Waals surface area contributed by atoms with Crippen LogP contribution in [0.25, 0.3) is 5.69 Å². The van der Waals surface area contributed by atoms with E-state index in [1.807, 2.05) is 0 Å². The molecule has 1 aromatic carbocycles. The molecule has 0 spiro atoms. The quantitative estimate of drug-likeness (QED) is 0.379. The third-order valence-electron chi connectivity index (χ3n) is 3.98. The minimum atomic E-state index is -0.872. The zero-order valence-corrected chi connectivity index (χ0v) is 15.3. The van der Waals surface area contributed by atoms with Crippen molar-refractivity contribution in [1.29, 1.82) is 0 Å². The Morgan fingerprint density at radius 3 is 2.64 bits per heavy atom. The van der Waals surface area contributed by atoms with E-state index in [9.17, 15) is 24.5 Å². The molecule has 0 radical (unpaired) electrons. The van der Waals surface area contributed by atoms with Gasteiger partial charge in [0.2, 0.25) is 5.43 Å². The van der Waals surface area contributed by atoms with Gasteiger partial charge in [-0.15, -0.1) is 0 Å². The summed E-state index contributed by atoms with van der Waals surface area (Å²) in [5.74, 6) is -1.56. The van der Waals surface area contributed by atoms with Gasteiger partial charge in [0.1, 0.15) is 5.69 Å². The van der Waals surface area contributed by atoms with Crippen LogP contribution in [0.3, 0.4) is 0 Å². The fraction of sp³-hybridized carbons (Fsp3) is 0.333. The number of nitrogens with one attached hydrogen (secondary N) is 1. The molecule has 2 aromatic rings. The largest absolute Gasteiger partial charge is 0.481 e. The summed E-state index contributed by atoms with van der Waals surface area (Å²) in [4.78, 5) is 45.6. The van der Waals surface area contributed by atoms with Gasteiger partial charge in [0.05, 0.1) is 4.92 Å². The number of carboxylic acid groups (broad SMARTS) is 1. The standard InChI is InChI=1S/C18H20N4O6/c1-12-11-15(23)17(18(26)19-10-6-2-3-9-16(24)25)20-21(12)13-7-4-5-8-14(13)22(27)28/h4-5,7-8,11H,2-3,6,9-10H2,1H3,(H,19,26)(H,24,25). The van der Waals surface area contributed by atoms with Crippen LogP contribution >= 0.6 is 0 Å². The summed E-state index contributed by atoms with van der Waals surface area (Å²) in [5, 5.41) is 26.4. The lowest BCUT2D eigenvalue weighted by atomic mass is 10.2. The first-order valence-electron chi connectivity index (χ1n) is 8.66. The number of aliphatic carboxylic acids is 1. The van der Waals surface area contributed by atoms with Gasteiger partial charge in [-0.1, -0.05) is 18.6 Å². The van der Waals surface area contributed by atoms with Crippen molar-refractivity contribution in [2.24, 2.45) is 0 Å². The van der Waals surface area contributed by atoms with Crippen molar-refractivity contribution in [3.8, 4) is 5.69 Å². The monoisotopic (exact) mass is 388 g/mol. The van der Waals surface area contributed by atoms with Gasteiger partial charge < -0.3 is 10.4 Å². The Kier molecular flexibility index (Phi) is 6.96. The minimum absolute atomic E-state index is 0.0635. The summed E-state index contributed by atoms with van der Waals surface area (Å²) < 4.78 is 1.20. The van der Waals surface area contributed by atoms with Crippen molar-refractivity contribution in [2.45, 2.75) is 32.6 Å². The molecule has 10 nitrogen and oxygen atoms in total. The molecule has 1 heterocycles. The van der Waals surface area contributed by atoms with E-state index in [-0.39, 0.29) is 30.0 Å². The summed E-state index contributed by atoms with van der Waals surface area (Å²) in [6.45, 7) is 1.83. The molecular formula is C18H20N4O6. The number of nitrogens with zero attached hydrogens (tertiary/aromatic N) is 3. The minimum Gasteiger partial charge on any atom is -0.481 e. The lowest BCUT2D eigenvalue weighted by Gasteiger charge is -2.11. The van der Waals surface area contributed by atoms with Gasteiger partial charge >= 0.3 is 5.97 Å². The van der Waals surface area contributed by atoms with Crippen LogP contribution in [0, 0.1) is 17.0 Å². The van der Waals surface area contributed by atoms with E-state index < -0.39 is 22.2 Å². The molecule has 2 rings (SSSR count). The highest BCUT2D eigenvalue weighted by molar-refractivity contribution is 5.92. The molecular weight excluding hydrogens is 368 g/mol. The molecule has 0 atom stereocenters. The van der Waals surface area contributed by atoms with Gasteiger partial charge in [0.25, 0.3) is 11.6 Å². The lowest BCUT2D eigenvalue weighted by Crippen LogP contribution is -2.32. The number of para-hydroxylation sites is 2. The molecule has 0 saturated carbocycles. The van der Waals surface area contributed by atoms with Gasteiger partial charge in [-0.3, -0.25) is 24.5 Å². The Hall–Kier alpha value is -3.56. The van der Waals surface area contributed by atoms with E-state index in [1.165, 1.54) is 28.9 Å². The molecule has 0 unspecified atom stereocenters. The fourth-order valence-corrected chi connectivity index (χ4v) is 2.61. The Morgan fingerprint density at radius 1 is 1.25 bits per heavy atom. The molecule has 148 valence electrons. The van der Waals surface area contributed by atoms with E-state index in [2.05, 4.69) is 10.4 Å². The van der Waals surface area contributed by atoms with Crippen molar-refractivity contribution < 1.29 is 19.6 Å². The van der Waals surface area contributed by atoms with Crippen LogP contribution in [0.15, 0.2) is 35.1 Å². The van der Waals surface area contributed by atoms with Crippen molar-refractivity contribution in [1.82, 2.24) is 15.1 Å². The third kappa shape index (κ3) is 5.22. The Bertz CT molecular complexity index is 953. The second-order valence-corrected chi connectivity index (χ2v) is 6.12. The van der Waals surface area contributed by atoms with Crippen molar-refractivity contribution in [2.75, 3.05) is 6.54 Å². The SMILES string of the molecule is Cc1cc(=O)c(C(=O)NCCCCCC(=O)O)nn1-c1ccccc1[N+](=O)[O-]. The van der Waals surface area contributed by atoms with E-state index in [1.54, 1.807) is 13.0 Å². The number of hydrogen-bond acceptors (Lipinski definition) is 6. The highest BCUT2D eigenvalue weighted by Crippen LogP contribution is 2.22. The average molecular weight is 388 g/mol. The molecule has 0 fully saturated rings. The van der Waals surface area contributed by atoms with E-state index in [0.29, 0.717) is 25.0 Å². The van der Waals surface area contributed by atoms with Crippen molar-refractivity contribution >= 4 is 17.6 Å². The number of nitro benzene ring substituents is 1. The molecule has 28 heavy (non-hydrogen) atoms. The van der Waals surface area contributed by atoms with E-state index >= 15 is 0 Å². The summed E-state index contributed by atoms with van der Waals surface area (Å²) in [6, 6.07) is 7.10. The normalized spacial score (nSPS) is 10.5. The number of nitro groups is 1. The summed E-state index contributed by atoms with van der Waals surface area (Å²) in [7, 11) is 0. The smallest absolute Gasteiger partial charge is 0.303 e. The third-order valence-corrected chi connectivity index (χ3v) is 3.98. The Morgan fingerprint density at radius 2 is 1.96 bits per heavy atom. The van der Waals surface area contributed by atoms with Crippen molar-refractivity contribution in [3.63, 3.8) is 0 Å². The molecule has 0 aliphatic rings. The maximum Gasteiger partial charge on any atom is 0.303 e. The predicted molar refractivity (Wildman–Crippen MR) is 99.7 cm³/mol. The van der Waals surface area contributed by atoms with Crippen LogP contribution < -0.4 is 10.7 Å². The van der Waals surface area contributed by atoms with Gasteiger partial charge in [-0.25, -0.2) is 4.68 Å². The predicted octanol–water partition coefficient (Wildman–Crippen LogP) is 1.82. The molecule has 1 aromatic heterocycles. The van der Waals surface area contributed by atoms with Gasteiger partial charge in [0, 0.05) is 30.8 Å². The zero-order valence-electron chi connectivity index (χ0n) is 15.3. The highest BCUT2D eigenvalue weighted by atomic mass is 16.6. The zero-order chi connectivity index (χ0) is 20.7. The number of hydrogen-bond donors (Lipinski definition) is 2. The average Bonchev–Trinajstić information content (AvgIpc) is 2.64. The highest BCUT2D eigenvalue weighted by Gasteiger charge is 2.19. The van der Waals surface area contributed by atoms with Crippen LogP contribution in [-0.4, -0.2) is 38.2 Å². The second kappa shape index (κ2) is 9.40. The number of carbonyl (C=O) groups is 2. The summed E-state index contributed by atoms with van der Waals surface area (Å²) in [6.07, 6.45) is 1.74. The molecule has 10 heteroatoms. The van der Waals surface area contributed by atoms with Crippen LogP contribution in [0.5, 0.6) is 0 Å². The first-order chi connectivity index (χ1) is 13.3. The maximum atomic E-state index is 12.3. The van der Waals surface area contributed by atoms with Gasteiger partial charge in [-0.05, 0) is 25.8 Å². The lowest BCUT2D eigenvalue weighted by molar-refractivity contribution is -0.384. The fourth-order valence-electron chi connectivity index (χ4n) is 2.61. The van der Waals surface area contributed by atoms with Gasteiger partial charge in [-0.2, -0.15) is 5.10 Å². The second-order valence-electron chi connectivity index (χ2n) is 6.12. The number of carbonyl (C=O) groups excluding carboxylic acids is 1. The molecule has 0 saturated heterocycles. The first kappa shape index (κ1) is 20.7. The van der Waals surface area contributed by atoms with Crippen LogP contribution in [0.2, 0.25) is 0 Å². The molecule has 0 bridgehead atoms. The number of benzene rings is 1. The summed E-state index contributed by atoms with van der Waals surface area (Å²) >= 11 is 0. The Labute approximate surface area is 160 Å². The topological polar surface area (TPSA) is 144 Å². The van der Waals surface area contributed by atoms with Crippen LogP contribution in [0.4, 0.5) is 5.69 Å². The number of carboxylic acids is 1. The molecule has 1 amide bonds. The number of aromatic nitrogens is 2. The van der Waals surface area contributed by atoms with E-state index in [0.717, 1.165) is 0 Å². The number of amides is 1. The van der Waals surface area contributed by atoms with Gasteiger partial charge in [0.15, 0.2) is 5.69 Å². The maximum absolute atomic E-state index is 12.3. The van der Waals surface area contributed by atoms with Crippen molar-refractivity contribution in [3.05, 3.63) is 62.1 Å².